The van der Waals surface area contributed by atoms with Gasteiger partial charge in [-0.05, 0) is 24.3 Å². The highest BCUT2D eigenvalue weighted by Crippen LogP contribution is 2.33. The predicted molar refractivity (Wildman–Crippen MR) is 103 cm³/mol. The number of hydrogen-bond acceptors (Lipinski definition) is 6. The number of hydrogen-bond donors (Lipinski definition) is 2. The summed E-state index contributed by atoms with van der Waals surface area (Å²) in [6.45, 7) is 0.0786. The molecule has 0 fully saturated rings. The van der Waals surface area contributed by atoms with E-state index in [2.05, 4.69) is 10.3 Å². The van der Waals surface area contributed by atoms with Gasteiger partial charge in [-0.2, -0.15) is 0 Å². The molecule has 0 aliphatic carbocycles. The summed E-state index contributed by atoms with van der Waals surface area (Å²) in [6, 6.07) is 12.3. The van der Waals surface area contributed by atoms with E-state index in [9.17, 15) is 9.59 Å². The molecule has 0 atom stereocenters. The quantitative estimate of drug-likeness (QED) is 0.695. The number of thiazole rings is 1. The van der Waals surface area contributed by atoms with Gasteiger partial charge in [0.1, 0.15) is 11.3 Å². The lowest BCUT2D eigenvalue weighted by Crippen LogP contribution is -2.30. The molecule has 0 aliphatic heterocycles. The van der Waals surface area contributed by atoms with Crippen LogP contribution in [0.3, 0.4) is 0 Å². The van der Waals surface area contributed by atoms with E-state index in [4.69, 9.17) is 10.5 Å². The van der Waals surface area contributed by atoms with Crippen molar-refractivity contribution >= 4 is 44.2 Å². The predicted octanol–water partition coefficient (Wildman–Crippen LogP) is 2.48. The minimum absolute atomic E-state index is 0.0786. The van der Waals surface area contributed by atoms with Gasteiger partial charge in [-0.25, -0.2) is 4.98 Å². The van der Waals surface area contributed by atoms with Crippen molar-refractivity contribution in [3.8, 4) is 5.75 Å². The van der Waals surface area contributed by atoms with Crippen LogP contribution in [0.2, 0.25) is 0 Å². The highest BCUT2D eigenvalue weighted by Gasteiger charge is 2.16. The molecule has 0 bridgehead atoms. The molecule has 0 saturated carbocycles. The molecule has 0 aliphatic rings. The van der Waals surface area contributed by atoms with Gasteiger partial charge in [0.15, 0.2) is 5.13 Å². The number of para-hydroxylation sites is 2. The molecule has 0 spiro atoms. The molecule has 1 aromatic heterocycles. The first-order chi connectivity index (χ1) is 12.5. The number of methoxy groups -OCH3 is 1. The van der Waals surface area contributed by atoms with Crippen molar-refractivity contribution in [1.29, 1.82) is 0 Å². The maximum Gasteiger partial charge on any atom is 0.250 e. The minimum Gasteiger partial charge on any atom is -0.494 e. The SMILES string of the molecule is COc1cccc2sc(N(C)CC(=O)Nc3ccccc3C(N)=O)nc12. The van der Waals surface area contributed by atoms with E-state index in [1.807, 2.05) is 18.2 Å². The van der Waals surface area contributed by atoms with Crippen LogP contribution in [0, 0.1) is 0 Å². The zero-order chi connectivity index (χ0) is 18.7. The summed E-state index contributed by atoms with van der Waals surface area (Å²) in [4.78, 5) is 30.1. The summed E-state index contributed by atoms with van der Waals surface area (Å²) in [5, 5.41) is 3.42. The summed E-state index contributed by atoms with van der Waals surface area (Å²) < 4.78 is 6.30. The second-order valence-corrected chi connectivity index (χ2v) is 6.63. The molecule has 8 heteroatoms. The lowest BCUT2D eigenvalue weighted by atomic mass is 10.1. The van der Waals surface area contributed by atoms with E-state index in [-0.39, 0.29) is 18.0 Å². The first-order valence-corrected chi connectivity index (χ1v) is 8.64. The van der Waals surface area contributed by atoms with Crippen LogP contribution in [0.1, 0.15) is 10.4 Å². The van der Waals surface area contributed by atoms with Crippen molar-refractivity contribution in [2.45, 2.75) is 0 Å². The fourth-order valence-corrected chi connectivity index (χ4v) is 3.46. The number of nitrogens with two attached hydrogens (primary N) is 1. The molecule has 2 aromatic carbocycles. The highest BCUT2D eigenvalue weighted by atomic mass is 32.1. The Balaban J connectivity index is 1.75. The van der Waals surface area contributed by atoms with Crippen LogP contribution in [0.4, 0.5) is 10.8 Å². The van der Waals surface area contributed by atoms with E-state index in [0.717, 1.165) is 10.2 Å². The van der Waals surface area contributed by atoms with Gasteiger partial charge in [-0.3, -0.25) is 9.59 Å². The standard InChI is InChI=1S/C18H18N4O3S/c1-22(18-21-16-13(25-2)8-5-9-14(16)26-18)10-15(23)20-12-7-4-3-6-11(12)17(19)24/h3-9H,10H2,1-2H3,(H2,19,24)(H,20,23). The number of primary amides is 1. The van der Waals surface area contributed by atoms with Gasteiger partial charge in [-0.15, -0.1) is 0 Å². The molecule has 134 valence electrons. The number of nitrogens with one attached hydrogen (secondary N) is 1. The smallest absolute Gasteiger partial charge is 0.250 e. The largest absolute Gasteiger partial charge is 0.494 e. The Morgan fingerprint density at radius 3 is 2.73 bits per heavy atom. The summed E-state index contributed by atoms with van der Waals surface area (Å²) in [5.74, 6) is -0.168. The Bertz CT molecular complexity index is 970. The van der Waals surface area contributed by atoms with Crippen LogP contribution in [0.5, 0.6) is 5.75 Å². The Kier molecular flexibility index (Phi) is 5.04. The van der Waals surface area contributed by atoms with Crippen LogP contribution in [-0.4, -0.2) is 37.5 Å². The second-order valence-electron chi connectivity index (χ2n) is 5.62. The number of carbonyl (C=O) groups excluding carboxylic acids is 2. The van der Waals surface area contributed by atoms with Gasteiger partial charge in [0, 0.05) is 7.05 Å². The lowest BCUT2D eigenvalue weighted by molar-refractivity contribution is -0.114. The molecule has 0 unspecified atom stereocenters. The number of rotatable bonds is 6. The second kappa shape index (κ2) is 7.40. The maximum atomic E-state index is 12.4. The topological polar surface area (TPSA) is 97.5 Å². The van der Waals surface area contributed by atoms with Gasteiger partial charge in [0.05, 0.1) is 29.6 Å². The summed E-state index contributed by atoms with van der Waals surface area (Å²) in [5.41, 5.74) is 6.76. The Morgan fingerprint density at radius 2 is 2.00 bits per heavy atom. The van der Waals surface area contributed by atoms with Crippen LogP contribution >= 0.6 is 11.3 Å². The Hall–Kier alpha value is -3.13. The Morgan fingerprint density at radius 1 is 1.23 bits per heavy atom. The monoisotopic (exact) mass is 370 g/mol. The third kappa shape index (κ3) is 3.60. The summed E-state index contributed by atoms with van der Waals surface area (Å²) in [6.07, 6.45) is 0. The number of ether oxygens (including phenoxy) is 1. The molecule has 1 heterocycles. The molecule has 7 nitrogen and oxygen atoms in total. The normalized spacial score (nSPS) is 10.5. The number of benzene rings is 2. The average Bonchev–Trinajstić information content (AvgIpc) is 3.06. The van der Waals surface area contributed by atoms with Crippen molar-refractivity contribution in [3.63, 3.8) is 0 Å². The highest BCUT2D eigenvalue weighted by molar-refractivity contribution is 7.22. The van der Waals surface area contributed by atoms with Crippen molar-refractivity contribution in [3.05, 3.63) is 48.0 Å². The van der Waals surface area contributed by atoms with Gasteiger partial charge < -0.3 is 20.7 Å². The molecule has 0 radical (unpaired) electrons. The molecular weight excluding hydrogens is 352 g/mol. The zero-order valence-electron chi connectivity index (χ0n) is 14.4. The van der Waals surface area contributed by atoms with Crippen LogP contribution < -0.4 is 20.7 Å². The molecule has 3 rings (SSSR count). The molecular formula is C18H18N4O3S. The average molecular weight is 370 g/mol. The molecule has 0 saturated heterocycles. The minimum atomic E-state index is -0.590. The van der Waals surface area contributed by atoms with Gasteiger partial charge in [0.2, 0.25) is 5.91 Å². The fraction of sp³-hybridized carbons (Fsp3) is 0.167. The van der Waals surface area contributed by atoms with Crippen molar-refractivity contribution in [2.75, 3.05) is 30.9 Å². The van der Waals surface area contributed by atoms with Crippen molar-refractivity contribution < 1.29 is 14.3 Å². The van der Waals surface area contributed by atoms with Gasteiger partial charge >= 0.3 is 0 Å². The number of likely N-dealkylation sites (N-methyl/N-ethyl adjacent to an activating group) is 1. The number of amides is 2. The molecule has 26 heavy (non-hydrogen) atoms. The Labute approximate surface area is 154 Å². The number of anilines is 2. The summed E-state index contributed by atoms with van der Waals surface area (Å²) in [7, 11) is 3.38. The van der Waals surface area contributed by atoms with E-state index in [1.165, 1.54) is 11.3 Å². The fourth-order valence-electron chi connectivity index (χ4n) is 2.52. The lowest BCUT2D eigenvalue weighted by Gasteiger charge is -2.16. The van der Waals surface area contributed by atoms with Crippen LogP contribution in [0.15, 0.2) is 42.5 Å². The van der Waals surface area contributed by atoms with Crippen molar-refractivity contribution in [1.82, 2.24) is 4.98 Å². The van der Waals surface area contributed by atoms with Crippen LogP contribution in [-0.2, 0) is 4.79 Å². The van der Waals surface area contributed by atoms with E-state index in [0.29, 0.717) is 16.6 Å². The summed E-state index contributed by atoms with van der Waals surface area (Å²) >= 11 is 1.47. The molecule has 3 N–H and O–H groups in total. The van der Waals surface area contributed by atoms with Gasteiger partial charge in [0.25, 0.3) is 5.91 Å². The van der Waals surface area contributed by atoms with Crippen molar-refractivity contribution in [2.24, 2.45) is 5.73 Å². The molecule has 2 amide bonds. The molecule has 3 aromatic rings. The number of aromatic nitrogens is 1. The van der Waals surface area contributed by atoms with Gasteiger partial charge in [-0.1, -0.05) is 29.5 Å². The third-order valence-electron chi connectivity index (χ3n) is 3.76. The zero-order valence-corrected chi connectivity index (χ0v) is 15.2. The first-order valence-electron chi connectivity index (χ1n) is 7.83. The maximum absolute atomic E-state index is 12.4. The van der Waals surface area contributed by atoms with E-state index < -0.39 is 5.91 Å². The van der Waals surface area contributed by atoms with Crippen LogP contribution in [0.25, 0.3) is 10.2 Å². The number of fused-ring (bicyclic) bond motifs is 1. The third-order valence-corrected chi connectivity index (χ3v) is 4.90. The van der Waals surface area contributed by atoms with E-state index in [1.54, 1.807) is 43.3 Å². The van der Waals surface area contributed by atoms with E-state index >= 15 is 0 Å². The number of carbonyl (C=O) groups is 2. The first kappa shape index (κ1) is 17.7. The number of nitrogens with zero attached hydrogens (tertiary/aromatic N) is 2.